The predicted octanol–water partition coefficient (Wildman–Crippen LogP) is 3.60. The molecule has 1 aliphatic rings. The van der Waals surface area contributed by atoms with E-state index in [4.69, 9.17) is 11.6 Å². The van der Waals surface area contributed by atoms with Crippen LogP contribution in [-0.2, 0) is 0 Å². The molecule has 146 valence electrons. The molecule has 7 nitrogen and oxygen atoms in total. The maximum atomic E-state index is 12.8. The Morgan fingerprint density at radius 3 is 2.96 bits per heavy atom. The van der Waals surface area contributed by atoms with Gasteiger partial charge in [-0.3, -0.25) is 9.59 Å². The summed E-state index contributed by atoms with van der Waals surface area (Å²) in [7, 11) is 0. The lowest BCUT2D eigenvalue weighted by molar-refractivity contribution is 0.102. The molecule has 3 heterocycles. The van der Waals surface area contributed by atoms with E-state index < -0.39 is 11.5 Å². The SMILES string of the molecule is Cc1cc(Cl)ccc1NC(=O)c1cnc2sc(N3CCCC(C)C3)nn2c1=O. The maximum Gasteiger partial charge on any atom is 0.288 e. The molecule has 2 aromatic heterocycles. The molecular formula is C19H20ClN5O2S. The van der Waals surface area contributed by atoms with E-state index in [9.17, 15) is 9.59 Å². The molecule has 1 N–H and O–H groups in total. The molecule has 1 unspecified atom stereocenters. The number of rotatable bonds is 3. The number of nitrogens with one attached hydrogen (secondary N) is 1. The number of anilines is 2. The molecule has 1 aromatic carbocycles. The van der Waals surface area contributed by atoms with Crippen LogP contribution in [-0.4, -0.2) is 33.6 Å². The molecule has 1 atom stereocenters. The monoisotopic (exact) mass is 417 g/mol. The van der Waals surface area contributed by atoms with E-state index in [0.717, 1.165) is 30.2 Å². The zero-order chi connectivity index (χ0) is 19.8. The summed E-state index contributed by atoms with van der Waals surface area (Å²) in [5.41, 5.74) is 0.891. The summed E-state index contributed by atoms with van der Waals surface area (Å²) in [5.74, 6) is 0.0767. The Morgan fingerprint density at radius 1 is 1.39 bits per heavy atom. The molecule has 1 fully saturated rings. The molecule has 1 amide bonds. The normalized spacial score (nSPS) is 17.1. The van der Waals surface area contributed by atoms with Gasteiger partial charge in [-0.15, -0.1) is 5.10 Å². The topological polar surface area (TPSA) is 79.6 Å². The third kappa shape index (κ3) is 3.62. The van der Waals surface area contributed by atoms with Gasteiger partial charge in [-0.2, -0.15) is 4.52 Å². The highest BCUT2D eigenvalue weighted by atomic mass is 35.5. The van der Waals surface area contributed by atoms with Crippen molar-refractivity contribution in [3.8, 4) is 0 Å². The highest BCUT2D eigenvalue weighted by Gasteiger charge is 2.22. The van der Waals surface area contributed by atoms with Crippen molar-refractivity contribution in [3.63, 3.8) is 0 Å². The molecule has 4 rings (SSSR count). The van der Waals surface area contributed by atoms with Crippen LogP contribution in [0.3, 0.4) is 0 Å². The van der Waals surface area contributed by atoms with E-state index >= 15 is 0 Å². The van der Waals surface area contributed by atoms with E-state index in [1.54, 1.807) is 18.2 Å². The third-order valence-corrected chi connectivity index (χ3v) is 6.10. The highest BCUT2D eigenvalue weighted by molar-refractivity contribution is 7.20. The van der Waals surface area contributed by atoms with Crippen molar-refractivity contribution in [1.29, 1.82) is 0 Å². The summed E-state index contributed by atoms with van der Waals surface area (Å²) >= 11 is 7.32. The van der Waals surface area contributed by atoms with E-state index in [2.05, 4.69) is 27.2 Å². The second kappa shape index (κ2) is 7.52. The number of benzene rings is 1. The van der Waals surface area contributed by atoms with Crippen LogP contribution in [0.1, 0.15) is 35.7 Å². The number of aryl methyl sites for hydroxylation is 1. The number of piperidine rings is 1. The van der Waals surface area contributed by atoms with Crippen LogP contribution in [0.5, 0.6) is 0 Å². The van der Waals surface area contributed by atoms with Crippen LogP contribution in [0.4, 0.5) is 10.8 Å². The zero-order valence-electron chi connectivity index (χ0n) is 15.6. The number of amides is 1. The van der Waals surface area contributed by atoms with Crippen LogP contribution in [0.25, 0.3) is 4.96 Å². The molecule has 3 aromatic rings. The number of nitrogens with zero attached hydrogens (tertiary/aromatic N) is 4. The quantitative estimate of drug-likeness (QED) is 0.704. The van der Waals surface area contributed by atoms with Crippen molar-refractivity contribution in [3.05, 3.63) is 50.9 Å². The molecule has 0 saturated carbocycles. The molecule has 0 spiro atoms. The zero-order valence-corrected chi connectivity index (χ0v) is 17.2. The van der Waals surface area contributed by atoms with Crippen molar-refractivity contribution in [2.45, 2.75) is 26.7 Å². The maximum absolute atomic E-state index is 12.8. The second-order valence-electron chi connectivity index (χ2n) is 7.16. The van der Waals surface area contributed by atoms with E-state index in [1.807, 2.05) is 6.92 Å². The van der Waals surface area contributed by atoms with Gasteiger partial charge in [0.1, 0.15) is 5.56 Å². The first-order valence-electron chi connectivity index (χ1n) is 9.13. The van der Waals surface area contributed by atoms with E-state index in [0.29, 0.717) is 21.6 Å². The lowest BCUT2D eigenvalue weighted by Gasteiger charge is -2.30. The fourth-order valence-electron chi connectivity index (χ4n) is 3.38. The van der Waals surface area contributed by atoms with Crippen LogP contribution in [0.2, 0.25) is 5.02 Å². The van der Waals surface area contributed by atoms with E-state index in [-0.39, 0.29) is 5.56 Å². The summed E-state index contributed by atoms with van der Waals surface area (Å²) in [4.78, 5) is 32.4. The summed E-state index contributed by atoms with van der Waals surface area (Å²) in [6, 6.07) is 5.14. The molecule has 0 radical (unpaired) electrons. The van der Waals surface area contributed by atoms with Crippen molar-refractivity contribution < 1.29 is 4.79 Å². The van der Waals surface area contributed by atoms with Gasteiger partial charge in [-0.1, -0.05) is 29.9 Å². The number of aromatic nitrogens is 3. The van der Waals surface area contributed by atoms with Gasteiger partial charge in [-0.25, -0.2) is 4.98 Å². The van der Waals surface area contributed by atoms with Crippen LogP contribution in [0.15, 0.2) is 29.2 Å². The fourth-order valence-corrected chi connectivity index (χ4v) is 4.50. The molecule has 1 saturated heterocycles. The Bertz CT molecular complexity index is 1110. The van der Waals surface area contributed by atoms with Crippen molar-refractivity contribution >= 4 is 44.6 Å². The molecule has 28 heavy (non-hydrogen) atoms. The first-order valence-corrected chi connectivity index (χ1v) is 10.3. The summed E-state index contributed by atoms with van der Waals surface area (Å²) < 4.78 is 1.23. The summed E-state index contributed by atoms with van der Waals surface area (Å²) in [6.07, 6.45) is 3.63. The Labute approximate surface area is 171 Å². The first kappa shape index (κ1) is 18.9. The van der Waals surface area contributed by atoms with Crippen LogP contribution in [0, 0.1) is 12.8 Å². The molecular weight excluding hydrogens is 398 g/mol. The minimum absolute atomic E-state index is 0.0456. The van der Waals surface area contributed by atoms with Crippen molar-refractivity contribution in [1.82, 2.24) is 14.6 Å². The fraction of sp³-hybridized carbons (Fsp3) is 0.368. The minimum Gasteiger partial charge on any atom is -0.346 e. The average Bonchev–Trinajstić information content (AvgIpc) is 3.09. The van der Waals surface area contributed by atoms with Gasteiger partial charge >= 0.3 is 0 Å². The molecule has 0 bridgehead atoms. The van der Waals surface area contributed by atoms with Gasteiger partial charge in [0.15, 0.2) is 0 Å². The van der Waals surface area contributed by atoms with Gasteiger partial charge in [0, 0.05) is 30.0 Å². The first-order chi connectivity index (χ1) is 13.4. The number of carbonyl (C=O) groups is 1. The highest BCUT2D eigenvalue weighted by Crippen LogP contribution is 2.26. The number of halogens is 1. The Hall–Kier alpha value is -2.45. The third-order valence-electron chi connectivity index (χ3n) is 4.88. The van der Waals surface area contributed by atoms with Crippen molar-refractivity contribution in [2.24, 2.45) is 5.92 Å². The molecule has 9 heteroatoms. The van der Waals surface area contributed by atoms with Gasteiger partial charge in [0.25, 0.3) is 11.5 Å². The number of carbonyl (C=O) groups excluding carboxylic acids is 1. The summed E-state index contributed by atoms with van der Waals surface area (Å²) in [5, 5.41) is 8.54. The average molecular weight is 418 g/mol. The van der Waals surface area contributed by atoms with Gasteiger partial charge < -0.3 is 10.2 Å². The van der Waals surface area contributed by atoms with Gasteiger partial charge in [-0.05, 0) is 49.4 Å². The Balaban J connectivity index is 1.63. The number of hydrogen-bond acceptors (Lipinski definition) is 6. The van der Waals surface area contributed by atoms with E-state index in [1.165, 1.54) is 28.5 Å². The summed E-state index contributed by atoms with van der Waals surface area (Å²) in [6.45, 7) is 5.88. The Kier molecular flexibility index (Phi) is 5.07. The van der Waals surface area contributed by atoms with Crippen LogP contribution < -0.4 is 15.8 Å². The molecule has 0 aliphatic carbocycles. The second-order valence-corrected chi connectivity index (χ2v) is 8.53. The smallest absolute Gasteiger partial charge is 0.288 e. The van der Waals surface area contributed by atoms with Gasteiger partial charge in [0.05, 0.1) is 0 Å². The van der Waals surface area contributed by atoms with Crippen LogP contribution >= 0.6 is 22.9 Å². The number of hydrogen-bond donors (Lipinski definition) is 1. The van der Waals surface area contributed by atoms with Crippen molar-refractivity contribution in [2.75, 3.05) is 23.3 Å². The largest absolute Gasteiger partial charge is 0.346 e. The minimum atomic E-state index is -0.515. The Morgan fingerprint density at radius 2 is 2.21 bits per heavy atom. The van der Waals surface area contributed by atoms with Gasteiger partial charge in [0.2, 0.25) is 10.1 Å². The lowest BCUT2D eigenvalue weighted by Crippen LogP contribution is -2.34. The standard InChI is InChI=1S/C19H20ClN5O2S/c1-11-4-3-7-24(10-11)19-23-25-17(27)14(9-21-18(25)28-19)16(26)22-15-6-5-13(20)8-12(15)2/h5-6,8-9,11H,3-4,7,10H2,1-2H3,(H,22,26). The lowest BCUT2D eigenvalue weighted by atomic mass is 10.0. The number of fused-ring (bicyclic) bond motifs is 1. The molecule has 1 aliphatic heterocycles. The predicted molar refractivity (Wildman–Crippen MR) is 112 cm³/mol.